The predicted molar refractivity (Wildman–Crippen MR) is 111 cm³/mol. The van der Waals surface area contributed by atoms with E-state index in [4.69, 9.17) is 11.6 Å². The fourth-order valence-electron chi connectivity index (χ4n) is 2.22. The van der Waals surface area contributed by atoms with E-state index in [1.54, 1.807) is 6.07 Å². The van der Waals surface area contributed by atoms with Crippen LogP contribution in [0.15, 0.2) is 39.4 Å². The van der Waals surface area contributed by atoms with Gasteiger partial charge in [-0.05, 0) is 30.3 Å². The highest BCUT2D eigenvalue weighted by molar-refractivity contribution is 7.91. The molecule has 0 aliphatic rings. The molecule has 1 aromatic carbocycles. The fraction of sp³-hybridized carbons (Fsp3) is 0.200. The number of sulfonamides is 1. The smallest absolute Gasteiger partial charge is 0.252 e. The minimum absolute atomic E-state index is 0.0427. The Kier molecular flexibility index (Phi) is 5.81. The lowest BCUT2D eigenvalue weighted by Crippen LogP contribution is -2.34. The van der Waals surface area contributed by atoms with Crippen molar-refractivity contribution < 1.29 is 21.6 Å². The lowest BCUT2D eigenvalue weighted by Gasteiger charge is -2.14. The maximum absolute atomic E-state index is 12.4. The zero-order valence-electron chi connectivity index (χ0n) is 14.5. The van der Waals surface area contributed by atoms with Crippen LogP contribution >= 0.6 is 34.3 Å². The SMILES string of the molecule is CN(CC(=O)Nc1nc2ccc(S(C)(=O)=O)cc2s1)S(=O)(=O)c1ccc(Cl)s1. The van der Waals surface area contributed by atoms with Crippen molar-refractivity contribution in [1.82, 2.24) is 9.29 Å². The van der Waals surface area contributed by atoms with E-state index in [-0.39, 0.29) is 14.2 Å². The molecule has 8 nitrogen and oxygen atoms in total. The van der Waals surface area contributed by atoms with E-state index >= 15 is 0 Å². The summed E-state index contributed by atoms with van der Waals surface area (Å²) in [7, 11) is -5.89. The highest BCUT2D eigenvalue weighted by Crippen LogP contribution is 2.29. The number of likely N-dealkylation sites (N-methyl/N-ethyl adjacent to an activating group) is 1. The lowest BCUT2D eigenvalue weighted by molar-refractivity contribution is -0.116. The van der Waals surface area contributed by atoms with E-state index in [1.165, 1.54) is 31.3 Å². The van der Waals surface area contributed by atoms with Crippen LogP contribution in [-0.2, 0) is 24.7 Å². The molecule has 0 aliphatic heterocycles. The van der Waals surface area contributed by atoms with E-state index < -0.39 is 32.3 Å². The number of carbonyl (C=O) groups is 1. The molecule has 13 heteroatoms. The number of nitrogens with one attached hydrogen (secondary N) is 1. The molecule has 0 spiro atoms. The maximum atomic E-state index is 12.4. The van der Waals surface area contributed by atoms with Crippen LogP contribution in [0.2, 0.25) is 4.34 Å². The molecular formula is C15H14ClN3O5S4. The van der Waals surface area contributed by atoms with Gasteiger partial charge in [-0.3, -0.25) is 4.79 Å². The minimum atomic E-state index is -3.83. The first-order chi connectivity index (χ1) is 13.0. The molecule has 0 unspecified atom stereocenters. The molecule has 0 saturated heterocycles. The number of amides is 1. The van der Waals surface area contributed by atoms with Gasteiger partial charge >= 0.3 is 0 Å². The number of rotatable bonds is 6. The quantitative estimate of drug-likeness (QED) is 0.581. The zero-order chi connectivity index (χ0) is 20.7. The Morgan fingerprint density at radius 2 is 1.89 bits per heavy atom. The predicted octanol–water partition coefficient (Wildman–Crippen LogP) is 2.67. The van der Waals surface area contributed by atoms with Crippen molar-refractivity contribution in [2.45, 2.75) is 9.10 Å². The number of sulfone groups is 1. The average Bonchev–Trinajstić information content (AvgIpc) is 3.18. The van der Waals surface area contributed by atoms with E-state index in [0.29, 0.717) is 14.6 Å². The second-order valence-electron chi connectivity index (χ2n) is 5.79. The van der Waals surface area contributed by atoms with Crippen LogP contribution in [0.25, 0.3) is 10.2 Å². The number of aromatic nitrogens is 1. The summed E-state index contributed by atoms with van der Waals surface area (Å²) in [5, 5.41) is 2.79. The summed E-state index contributed by atoms with van der Waals surface area (Å²) >= 11 is 7.78. The van der Waals surface area contributed by atoms with E-state index in [0.717, 1.165) is 33.2 Å². The summed E-state index contributed by atoms with van der Waals surface area (Å²) in [6.07, 6.45) is 1.11. The Bertz CT molecular complexity index is 1260. The van der Waals surface area contributed by atoms with Crippen molar-refractivity contribution >= 4 is 75.4 Å². The Morgan fingerprint density at radius 3 is 2.50 bits per heavy atom. The first kappa shape index (κ1) is 21.1. The Morgan fingerprint density at radius 1 is 1.18 bits per heavy atom. The number of nitrogens with zero attached hydrogens (tertiary/aromatic N) is 2. The number of hydrogen-bond acceptors (Lipinski definition) is 8. The van der Waals surface area contributed by atoms with E-state index in [2.05, 4.69) is 10.3 Å². The van der Waals surface area contributed by atoms with Gasteiger partial charge in [0, 0.05) is 13.3 Å². The summed E-state index contributed by atoms with van der Waals surface area (Å²) in [6.45, 7) is -0.414. The van der Waals surface area contributed by atoms with Crippen molar-refractivity contribution in [2.75, 3.05) is 25.2 Å². The van der Waals surface area contributed by atoms with Gasteiger partial charge in [-0.1, -0.05) is 22.9 Å². The first-order valence-electron chi connectivity index (χ1n) is 7.59. The van der Waals surface area contributed by atoms with Crippen LogP contribution in [0.5, 0.6) is 0 Å². The fourth-order valence-corrected chi connectivity index (χ4v) is 6.69. The molecule has 0 fully saturated rings. The van der Waals surface area contributed by atoms with Crippen LogP contribution in [-0.4, -0.2) is 51.9 Å². The lowest BCUT2D eigenvalue weighted by atomic mass is 10.3. The summed E-state index contributed by atoms with van der Waals surface area (Å²) in [6, 6.07) is 7.32. The van der Waals surface area contributed by atoms with Crippen LogP contribution in [0.4, 0.5) is 5.13 Å². The number of thiazole rings is 1. The van der Waals surface area contributed by atoms with Gasteiger partial charge in [0.25, 0.3) is 10.0 Å². The number of thiophene rings is 1. The summed E-state index contributed by atoms with van der Waals surface area (Å²) in [5.74, 6) is -0.573. The number of benzene rings is 1. The second kappa shape index (κ2) is 7.69. The number of hydrogen-bond donors (Lipinski definition) is 1. The molecule has 1 N–H and O–H groups in total. The number of fused-ring (bicyclic) bond motifs is 1. The Labute approximate surface area is 174 Å². The molecule has 0 aliphatic carbocycles. The summed E-state index contributed by atoms with van der Waals surface area (Å²) in [4.78, 5) is 16.6. The molecule has 2 heterocycles. The number of carbonyl (C=O) groups excluding carboxylic acids is 1. The number of halogens is 1. The van der Waals surface area contributed by atoms with Gasteiger partial charge in [0.05, 0.1) is 26.0 Å². The van der Waals surface area contributed by atoms with Crippen LogP contribution in [0, 0.1) is 0 Å². The van der Waals surface area contributed by atoms with Crippen molar-refractivity contribution in [3.05, 3.63) is 34.7 Å². The Balaban J connectivity index is 1.74. The highest BCUT2D eigenvalue weighted by Gasteiger charge is 2.25. The summed E-state index contributed by atoms with van der Waals surface area (Å²) in [5.41, 5.74) is 0.530. The van der Waals surface area contributed by atoms with Gasteiger partial charge < -0.3 is 5.32 Å². The van der Waals surface area contributed by atoms with Crippen molar-refractivity contribution in [1.29, 1.82) is 0 Å². The number of anilines is 1. The topological polar surface area (TPSA) is 114 Å². The maximum Gasteiger partial charge on any atom is 0.252 e. The van der Waals surface area contributed by atoms with Crippen LogP contribution in [0.3, 0.4) is 0 Å². The standard InChI is InChI=1S/C15H14ClN3O5S4/c1-19(28(23,24)14-6-5-12(16)26-14)8-13(20)18-15-17-10-4-3-9(27(2,21)22)7-11(10)25-15/h3-7H,8H2,1-2H3,(H,17,18,20). The molecule has 0 radical (unpaired) electrons. The van der Waals surface area contributed by atoms with Gasteiger partial charge in [0.1, 0.15) is 4.21 Å². The third-order valence-electron chi connectivity index (χ3n) is 3.61. The molecular weight excluding hydrogens is 466 g/mol. The van der Waals surface area contributed by atoms with Gasteiger partial charge in [0.2, 0.25) is 5.91 Å². The van der Waals surface area contributed by atoms with Crippen molar-refractivity contribution in [3.8, 4) is 0 Å². The molecule has 150 valence electrons. The monoisotopic (exact) mass is 479 g/mol. The highest BCUT2D eigenvalue weighted by atomic mass is 35.5. The molecule has 2 aromatic heterocycles. The van der Waals surface area contributed by atoms with E-state index in [9.17, 15) is 21.6 Å². The van der Waals surface area contributed by atoms with Gasteiger partial charge in [0.15, 0.2) is 15.0 Å². The van der Waals surface area contributed by atoms with Crippen molar-refractivity contribution in [2.24, 2.45) is 0 Å². The average molecular weight is 480 g/mol. The summed E-state index contributed by atoms with van der Waals surface area (Å²) < 4.78 is 50.0. The first-order valence-corrected chi connectivity index (χ1v) is 12.9. The normalized spacial score (nSPS) is 12.6. The third-order valence-corrected chi connectivity index (χ3v) is 9.16. The van der Waals surface area contributed by atoms with E-state index in [1.807, 2.05) is 0 Å². The second-order valence-corrected chi connectivity index (χ2v) is 12.8. The van der Waals surface area contributed by atoms with Crippen LogP contribution in [0.1, 0.15) is 0 Å². The molecule has 0 saturated carbocycles. The largest absolute Gasteiger partial charge is 0.301 e. The Hall–Kier alpha value is -1.57. The molecule has 1 amide bonds. The third kappa shape index (κ3) is 4.53. The van der Waals surface area contributed by atoms with Gasteiger partial charge in [-0.25, -0.2) is 21.8 Å². The molecule has 3 rings (SSSR count). The van der Waals surface area contributed by atoms with Crippen LogP contribution < -0.4 is 5.32 Å². The van der Waals surface area contributed by atoms with Crippen molar-refractivity contribution in [3.63, 3.8) is 0 Å². The zero-order valence-corrected chi connectivity index (χ0v) is 18.6. The molecule has 0 atom stereocenters. The van der Waals surface area contributed by atoms with Gasteiger partial charge in [-0.2, -0.15) is 4.31 Å². The molecule has 3 aromatic rings. The molecule has 0 bridgehead atoms. The van der Waals surface area contributed by atoms with Gasteiger partial charge in [-0.15, -0.1) is 11.3 Å². The minimum Gasteiger partial charge on any atom is -0.301 e. The molecule has 28 heavy (non-hydrogen) atoms.